The highest BCUT2D eigenvalue weighted by atomic mass is 35.5. The average molecular weight is 345 g/mol. The topological polar surface area (TPSA) is 50.2 Å². The van der Waals surface area contributed by atoms with Gasteiger partial charge < -0.3 is 14.8 Å². The van der Waals surface area contributed by atoms with Crippen molar-refractivity contribution in [2.45, 2.75) is 31.2 Å². The van der Waals surface area contributed by atoms with Crippen molar-refractivity contribution in [1.82, 2.24) is 14.5 Å². The van der Waals surface area contributed by atoms with Crippen molar-refractivity contribution >= 4 is 23.2 Å². The van der Waals surface area contributed by atoms with E-state index in [1.807, 2.05) is 42.5 Å². The Hall–Kier alpha value is -2.01. The molecule has 1 atom stereocenters. The molecule has 0 spiro atoms. The number of fused-ring (bicyclic) bond motifs is 1. The van der Waals surface area contributed by atoms with Crippen LogP contribution in [-0.4, -0.2) is 39.5 Å². The Morgan fingerprint density at radius 1 is 1.33 bits per heavy atom. The first kappa shape index (κ1) is 15.5. The molecule has 24 heavy (non-hydrogen) atoms. The summed E-state index contributed by atoms with van der Waals surface area (Å²) in [6, 6.07) is 5.60. The van der Waals surface area contributed by atoms with Crippen molar-refractivity contribution < 1.29 is 4.79 Å². The van der Waals surface area contributed by atoms with Gasteiger partial charge >= 0.3 is 0 Å². The Morgan fingerprint density at radius 3 is 2.83 bits per heavy atom. The smallest absolute Gasteiger partial charge is 0.245 e. The normalized spacial score (nSPS) is 20.8. The maximum atomic E-state index is 12.8. The van der Waals surface area contributed by atoms with Crippen molar-refractivity contribution in [1.29, 1.82) is 0 Å². The molecule has 0 unspecified atom stereocenters. The molecule has 6 heteroatoms. The number of imidazole rings is 1. The number of aryl methyl sites for hydroxylation is 1. The number of hydrogen-bond acceptors (Lipinski definition) is 3. The van der Waals surface area contributed by atoms with Crippen LogP contribution >= 0.6 is 11.6 Å². The number of nitrogens with zero attached hydrogens (tertiary/aromatic N) is 3. The molecule has 2 aliphatic rings. The summed E-state index contributed by atoms with van der Waals surface area (Å²) in [5, 5.41) is 4.06. The number of hydrogen-bond donors (Lipinski definition) is 1. The van der Waals surface area contributed by atoms with Crippen LogP contribution in [0.15, 0.2) is 30.6 Å². The molecular formula is C18H21ClN4O. The van der Waals surface area contributed by atoms with Crippen molar-refractivity contribution in [2.75, 3.05) is 18.4 Å². The van der Waals surface area contributed by atoms with Gasteiger partial charge in [-0.25, -0.2) is 4.98 Å². The fraction of sp³-hybridized carbons (Fsp3) is 0.444. The van der Waals surface area contributed by atoms with Crippen LogP contribution in [0.5, 0.6) is 0 Å². The third-order valence-corrected chi connectivity index (χ3v) is 5.38. The molecule has 1 N–H and O–H groups in total. The summed E-state index contributed by atoms with van der Waals surface area (Å²) >= 11 is 6.05. The molecule has 1 aromatic heterocycles. The van der Waals surface area contributed by atoms with Gasteiger partial charge in [0.1, 0.15) is 11.9 Å². The predicted molar refractivity (Wildman–Crippen MR) is 94.3 cm³/mol. The average Bonchev–Trinajstić information content (AvgIpc) is 3.20. The second-order valence-corrected chi connectivity index (χ2v) is 7.13. The van der Waals surface area contributed by atoms with E-state index in [0.717, 1.165) is 48.0 Å². The predicted octanol–water partition coefficient (Wildman–Crippen LogP) is 2.82. The number of likely N-dealkylation sites (tertiary alicyclic amines) is 1. The van der Waals surface area contributed by atoms with E-state index >= 15 is 0 Å². The van der Waals surface area contributed by atoms with E-state index < -0.39 is 0 Å². The highest BCUT2D eigenvalue weighted by molar-refractivity contribution is 6.30. The van der Waals surface area contributed by atoms with Crippen molar-refractivity contribution in [3.63, 3.8) is 0 Å². The van der Waals surface area contributed by atoms with Gasteiger partial charge in [-0.2, -0.15) is 0 Å². The zero-order chi connectivity index (χ0) is 16.7. The van der Waals surface area contributed by atoms with Crippen LogP contribution in [0.3, 0.4) is 0 Å². The van der Waals surface area contributed by atoms with Crippen LogP contribution in [0.4, 0.5) is 5.69 Å². The Kier molecular flexibility index (Phi) is 3.96. The molecule has 0 bridgehead atoms. The first-order valence-electron chi connectivity index (χ1n) is 8.43. The summed E-state index contributed by atoms with van der Waals surface area (Å²) in [6.07, 6.45) is 6.49. The molecular weight excluding hydrogens is 324 g/mol. The number of halogens is 1. The van der Waals surface area contributed by atoms with E-state index in [1.54, 1.807) is 0 Å². The summed E-state index contributed by atoms with van der Waals surface area (Å²) in [6.45, 7) is 1.59. The SMILES string of the molecule is Cn1ccnc1C1CCN(C(=O)[C@@H]2Cc3cc(Cl)ccc3N2)CC1. The van der Waals surface area contributed by atoms with E-state index in [9.17, 15) is 4.79 Å². The maximum absolute atomic E-state index is 12.8. The van der Waals surface area contributed by atoms with E-state index in [0.29, 0.717) is 12.3 Å². The summed E-state index contributed by atoms with van der Waals surface area (Å²) < 4.78 is 2.08. The molecule has 1 amide bonds. The van der Waals surface area contributed by atoms with Crippen molar-refractivity contribution in [3.05, 3.63) is 47.0 Å². The second kappa shape index (κ2) is 6.13. The Balaban J connectivity index is 1.38. The van der Waals surface area contributed by atoms with Gasteiger partial charge in [0.25, 0.3) is 0 Å². The standard InChI is InChI=1S/C18H21ClN4O/c1-22-9-6-20-17(22)12-4-7-23(8-5-12)18(24)16-11-13-10-14(19)2-3-15(13)21-16/h2-3,6,9-10,12,16,21H,4-5,7-8,11H2,1H3/t16-/m0/s1. The highest BCUT2D eigenvalue weighted by Crippen LogP contribution is 2.31. The number of nitrogens with one attached hydrogen (secondary N) is 1. The summed E-state index contributed by atoms with van der Waals surface area (Å²) in [7, 11) is 2.03. The molecule has 1 fully saturated rings. The molecule has 3 heterocycles. The van der Waals surface area contributed by atoms with E-state index in [2.05, 4.69) is 14.9 Å². The van der Waals surface area contributed by atoms with E-state index in [1.165, 1.54) is 0 Å². The molecule has 2 aliphatic heterocycles. The molecule has 0 saturated carbocycles. The lowest BCUT2D eigenvalue weighted by molar-refractivity contribution is -0.133. The lowest BCUT2D eigenvalue weighted by Gasteiger charge is -2.33. The van der Waals surface area contributed by atoms with Crippen LogP contribution in [0.2, 0.25) is 5.02 Å². The fourth-order valence-corrected chi connectivity index (χ4v) is 4.02. The number of aromatic nitrogens is 2. The number of benzene rings is 1. The van der Waals surface area contributed by atoms with Gasteiger partial charge in [0.2, 0.25) is 5.91 Å². The van der Waals surface area contributed by atoms with Gasteiger partial charge in [-0.15, -0.1) is 0 Å². The van der Waals surface area contributed by atoms with Crippen LogP contribution in [0.1, 0.15) is 30.1 Å². The van der Waals surface area contributed by atoms with E-state index in [4.69, 9.17) is 11.6 Å². The molecule has 4 rings (SSSR count). The van der Waals surface area contributed by atoms with E-state index in [-0.39, 0.29) is 11.9 Å². The number of carbonyl (C=O) groups excluding carboxylic acids is 1. The highest BCUT2D eigenvalue weighted by Gasteiger charge is 2.33. The largest absolute Gasteiger partial charge is 0.373 e. The molecule has 0 aliphatic carbocycles. The summed E-state index contributed by atoms with van der Waals surface area (Å²) in [5.74, 6) is 1.77. The number of piperidine rings is 1. The molecule has 0 radical (unpaired) electrons. The van der Waals surface area contributed by atoms with Crippen LogP contribution in [-0.2, 0) is 18.3 Å². The molecule has 2 aromatic rings. The fourth-order valence-electron chi connectivity index (χ4n) is 3.83. The third-order valence-electron chi connectivity index (χ3n) is 5.15. The Bertz CT molecular complexity index is 764. The van der Waals surface area contributed by atoms with Crippen molar-refractivity contribution in [2.24, 2.45) is 7.05 Å². The molecule has 1 saturated heterocycles. The first-order chi connectivity index (χ1) is 11.6. The number of rotatable bonds is 2. The number of carbonyl (C=O) groups is 1. The lowest BCUT2D eigenvalue weighted by atomic mass is 9.95. The molecule has 5 nitrogen and oxygen atoms in total. The molecule has 1 aromatic carbocycles. The van der Waals surface area contributed by atoms with Gasteiger partial charge in [0.05, 0.1) is 0 Å². The van der Waals surface area contributed by atoms with Crippen LogP contribution < -0.4 is 5.32 Å². The first-order valence-corrected chi connectivity index (χ1v) is 8.80. The van der Waals surface area contributed by atoms with Gasteiger partial charge in [-0.1, -0.05) is 11.6 Å². The molecule has 126 valence electrons. The Labute approximate surface area is 146 Å². The van der Waals surface area contributed by atoms with Gasteiger partial charge in [0.15, 0.2) is 0 Å². The maximum Gasteiger partial charge on any atom is 0.245 e. The third kappa shape index (κ3) is 2.77. The number of amides is 1. The van der Waals surface area contributed by atoms with Crippen LogP contribution in [0.25, 0.3) is 0 Å². The monoisotopic (exact) mass is 344 g/mol. The zero-order valence-corrected chi connectivity index (χ0v) is 14.5. The van der Waals surface area contributed by atoms with Crippen LogP contribution in [0, 0.1) is 0 Å². The quantitative estimate of drug-likeness (QED) is 0.911. The minimum Gasteiger partial charge on any atom is -0.373 e. The lowest BCUT2D eigenvalue weighted by Crippen LogP contribution is -2.45. The Morgan fingerprint density at radius 2 is 2.12 bits per heavy atom. The zero-order valence-electron chi connectivity index (χ0n) is 13.7. The van der Waals surface area contributed by atoms with Gasteiger partial charge in [-0.3, -0.25) is 4.79 Å². The van der Waals surface area contributed by atoms with Gasteiger partial charge in [-0.05, 0) is 36.6 Å². The summed E-state index contributed by atoms with van der Waals surface area (Å²) in [4.78, 5) is 19.3. The second-order valence-electron chi connectivity index (χ2n) is 6.70. The summed E-state index contributed by atoms with van der Waals surface area (Å²) in [5.41, 5.74) is 2.16. The minimum atomic E-state index is -0.164. The minimum absolute atomic E-state index is 0.164. The van der Waals surface area contributed by atoms with Gasteiger partial charge in [0, 0.05) is 55.6 Å². The number of anilines is 1. The van der Waals surface area contributed by atoms with Crippen molar-refractivity contribution in [3.8, 4) is 0 Å².